The predicted octanol–water partition coefficient (Wildman–Crippen LogP) is 3.79. The van der Waals surface area contributed by atoms with Gasteiger partial charge in [0.15, 0.2) is 11.3 Å². The van der Waals surface area contributed by atoms with Crippen LogP contribution in [0.2, 0.25) is 0 Å². The predicted molar refractivity (Wildman–Crippen MR) is 82.0 cm³/mol. The molecule has 4 nitrogen and oxygen atoms in total. The van der Waals surface area contributed by atoms with Crippen LogP contribution in [0.15, 0.2) is 21.0 Å². The summed E-state index contributed by atoms with van der Waals surface area (Å²) in [6.07, 6.45) is 2.20. The van der Waals surface area contributed by atoms with Crippen molar-refractivity contribution < 1.29 is 13.6 Å². The van der Waals surface area contributed by atoms with Crippen LogP contribution in [0.5, 0.6) is 5.75 Å². The van der Waals surface area contributed by atoms with Crippen LogP contribution in [0.4, 0.5) is 0 Å². The standard InChI is InChI=1S/C17H19NO3/c1-9-6-11-13(17(8-18)4-5-17)14-12(7-10(2)20-14)15(19-3)16(11)21-9/h6-7H,4-5,8,18H2,1-3H3. The molecule has 0 aliphatic heterocycles. The van der Waals surface area contributed by atoms with E-state index in [-0.39, 0.29) is 5.41 Å². The second kappa shape index (κ2) is 4.04. The van der Waals surface area contributed by atoms with Crippen molar-refractivity contribution in [2.45, 2.75) is 32.1 Å². The van der Waals surface area contributed by atoms with Crippen LogP contribution in [0.1, 0.15) is 29.9 Å². The quantitative estimate of drug-likeness (QED) is 0.795. The molecule has 0 amide bonds. The Morgan fingerprint density at radius 1 is 1.10 bits per heavy atom. The van der Waals surface area contributed by atoms with Gasteiger partial charge in [-0.05, 0) is 38.8 Å². The number of nitrogens with two attached hydrogens (primary N) is 1. The Hall–Kier alpha value is -1.94. The van der Waals surface area contributed by atoms with Gasteiger partial charge in [0.1, 0.15) is 17.1 Å². The fourth-order valence-electron chi connectivity index (χ4n) is 3.42. The molecule has 1 aromatic carbocycles. The monoisotopic (exact) mass is 285 g/mol. The highest BCUT2D eigenvalue weighted by atomic mass is 16.5. The third-order valence-corrected chi connectivity index (χ3v) is 4.64. The van der Waals surface area contributed by atoms with Crippen LogP contribution in [-0.2, 0) is 5.41 Å². The van der Waals surface area contributed by atoms with Crippen molar-refractivity contribution in [3.05, 3.63) is 29.2 Å². The van der Waals surface area contributed by atoms with Crippen LogP contribution in [0, 0.1) is 13.8 Å². The Morgan fingerprint density at radius 3 is 2.29 bits per heavy atom. The average molecular weight is 285 g/mol. The summed E-state index contributed by atoms with van der Waals surface area (Å²) in [4.78, 5) is 0. The molecular weight excluding hydrogens is 266 g/mol. The van der Waals surface area contributed by atoms with Crippen molar-refractivity contribution in [2.75, 3.05) is 13.7 Å². The number of rotatable bonds is 3. The third kappa shape index (κ3) is 1.59. The van der Waals surface area contributed by atoms with Crippen LogP contribution >= 0.6 is 0 Å². The second-order valence-corrected chi connectivity index (χ2v) is 6.09. The molecule has 4 rings (SSSR count). The van der Waals surface area contributed by atoms with E-state index in [2.05, 4.69) is 6.07 Å². The number of furan rings is 2. The summed E-state index contributed by atoms with van der Waals surface area (Å²) in [6, 6.07) is 4.09. The molecule has 0 radical (unpaired) electrons. The first kappa shape index (κ1) is 12.8. The van der Waals surface area contributed by atoms with Gasteiger partial charge in [-0.3, -0.25) is 0 Å². The summed E-state index contributed by atoms with van der Waals surface area (Å²) in [5, 5.41) is 2.06. The zero-order chi connectivity index (χ0) is 14.8. The molecular formula is C17H19NO3. The van der Waals surface area contributed by atoms with Crippen molar-refractivity contribution >= 4 is 21.9 Å². The zero-order valence-electron chi connectivity index (χ0n) is 12.6. The molecule has 21 heavy (non-hydrogen) atoms. The molecule has 0 atom stereocenters. The van der Waals surface area contributed by atoms with Gasteiger partial charge in [0, 0.05) is 22.9 Å². The van der Waals surface area contributed by atoms with Crippen molar-refractivity contribution in [3.63, 3.8) is 0 Å². The van der Waals surface area contributed by atoms with Gasteiger partial charge < -0.3 is 19.3 Å². The average Bonchev–Trinajstić information content (AvgIpc) is 3.01. The molecule has 0 saturated heterocycles. The van der Waals surface area contributed by atoms with E-state index in [1.165, 1.54) is 5.56 Å². The van der Waals surface area contributed by atoms with Gasteiger partial charge in [0.05, 0.1) is 12.5 Å². The number of hydrogen-bond acceptors (Lipinski definition) is 4. The van der Waals surface area contributed by atoms with E-state index >= 15 is 0 Å². The Morgan fingerprint density at radius 2 is 1.71 bits per heavy atom. The molecule has 1 saturated carbocycles. The molecule has 3 aromatic rings. The minimum atomic E-state index is 0.0311. The van der Waals surface area contributed by atoms with E-state index < -0.39 is 0 Å². The van der Waals surface area contributed by atoms with Gasteiger partial charge in [-0.15, -0.1) is 0 Å². The summed E-state index contributed by atoms with van der Waals surface area (Å²) in [5.74, 6) is 2.50. The molecule has 4 heteroatoms. The van der Waals surface area contributed by atoms with Crippen LogP contribution in [0.25, 0.3) is 21.9 Å². The summed E-state index contributed by atoms with van der Waals surface area (Å²) in [6.45, 7) is 4.55. The lowest BCUT2D eigenvalue weighted by molar-refractivity contribution is 0.413. The van der Waals surface area contributed by atoms with Crippen molar-refractivity contribution in [1.29, 1.82) is 0 Å². The summed E-state index contributed by atoms with van der Waals surface area (Å²) >= 11 is 0. The maximum atomic E-state index is 6.06. The van der Waals surface area contributed by atoms with Gasteiger partial charge >= 0.3 is 0 Å². The third-order valence-electron chi connectivity index (χ3n) is 4.64. The summed E-state index contributed by atoms with van der Waals surface area (Å²) < 4.78 is 17.5. The highest BCUT2D eigenvalue weighted by Gasteiger charge is 2.47. The first-order valence-electron chi connectivity index (χ1n) is 7.30. The van der Waals surface area contributed by atoms with Gasteiger partial charge in [0.2, 0.25) is 0 Å². The van der Waals surface area contributed by atoms with Crippen molar-refractivity contribution in [1.82, 2.24) is 0 Å². The highest BCUT2D eigenvalue weighted by Crippen LogP contribution is 2.54. The van der Waals surface area contributed by atoms with E-state index in [4.69, 9.17) is 19.3 Å². The van der Waals surface area contributed by atoms with Crippen molar-refractivity contribution in [3.8, 4) is 5.75 Å². The molecule has 1 aliphatic carbocycles. The highest BCUT2D eigenvalue weighted by molar-refractivity contribution is 6.06. The molecule has 1 aliphatic rings. The molecule has 2 aromatic heterocycles. The van der Waals surface area contributed by atoms with E-state index in [0.717, 1.165) is 52.1 Å². The second-order valence-electron chi connectivity index (χ2n) is 6.09. The van der Waals surface area contributed by atoms with Crippen LogP contribution < -0.4 is 10.5 Å². The Bertz CT molecular complexity index is 794. The topological polar surface area (TPSA) is 61.5 Å². The molecule has 0 bridgehead atoms. The fourth-order valence-corrected chi connectivity index (χ4v) is 3.42. The fraction of sp³-hybridized carbons (Fsp3) is 0.412. The normalized spacial score (nSPS) is 16.8. The molecule has 2 N–H and O–H groups in total. The molecule has 0 unspecified atom stereocenters. The number of aryl methyl sites for hydroxylation is 2. The molecule has 2 heterocycles. The first-order valence-corrected chi connectivity index (χ1v) is 7.30. The van der Waals surface area contributed by atoms with E-state index in [1.54, 1.807) is 7.11 Å². The lowest BCUT2D eigenvalue weighted by atomic mass is 9.91. The summed E-state index contributed by atoms with van der Waals surface area (Å²) in [7, 11) is 1.67. The first-order chi connectivity index (χ1) is 10.1. The number of ether oxygens (including phenoxy) is 1. The largest absolute Gasteiger partial charge is 0.492 e. The Balaban J connectivity index is 2.22. The van der Waals surface area contributed by atoms with Gasteiger partial charge in [-0.2, -0.15) is 0 Å². The van der Waals surface area contributed by atoms with Gasteiger partial charge in [0.25, 0.3) is 0 Å². The zero-order valence-corrected chi connectivity index (χ0v) is 12.6. The molecule has 1 fully saturated rings. The minimum Gasteiger partial charge on any atom is -0.492 e. The van der Waals surface area contributed by atoms with Gasteiger partial charge in [-0.25, -0.2) is 0 Å². The van der Waals surface area contributed by atoms with E-state index in [9.17, 15) is 0 Å². The minimum absolute atomic E-state index is 0.0311. The van der Waals surface area contributed by atoms with E-state index in [1.807, 2.05) is 19.9 Å². The van der Waals surface area contributed by atoms with Gasteiger partial charge in [-0.1, -0.05) is 0 Å². The number of methoxy groups -OCH3 is 1. The molecule has 110 valence electrons. The van der Waals surface area contributed by atoms with E-state index in [0.29, 0.717) is 6.54 Å². The summed E-state index contributed by atoms with van der Waals surface area (Å²) in [5.41, 5.74) is 9.00. The lowest BCUT2D eigenvalue weighted by Gasteiger charge is -2.16. The van der Waals surface area contributed by atoms with Crippen LogP contribution in [-0.4, -0.2) is 13.7 Å². The Labute approximate surface area is 122 Å². The number of fused-ring (bicyclic) bond motifs is 2. The smallest absolute Gasteiger partial charge is 0.177 e. The maximum absolute atomic E-state index is 6.06. The molecule has 0 spiro atoms. The SMILES string of the molecule is COc1c2cc(C)oc2c(C2(CN)CC2)c2cc(C)oc12. The van der Waals surface area contributed by atoms with Crippen molar-refractivity contribution in [2.24, 2.45) is 5.73 Å². The van der Waals surface area contributed by atoms with Crippen LogP contribution in [0.3, 0.4) is 0 Å². The Kier molecular flexibility index (Phi) is 2.46. The number of hydrogen-bond donors (Lipinski definition) is 1. The maximum Gasteiger partial charge on any atom is 0.177 e. The number of benzene rings is 1. The lowest BCUT2D eigenvalue weighted by Crippen LogP contribution is -2.20.